The van der Waals surface area contributed by atoms with Crippen LogP contribution in [0.1, 0.15) is 22.0 Å². The van der Waals surface area contributed by atoms with E-state index in [2.05, 4.69) is 10.3 Å². The third-order valence-corrected chi connectivity index (χ3v) is 3.88. The summed E-state index contributed by atoms with van der Waals surface area (Å²) in [4.78, 5) is 27.4. The zero-order chi connectivity index (χ0) is 17.8. The Kier molecular flexibility index (Phi) is 4.67. The molecule has 1 amide bonds. The number of pyridine rings is 1. The van der Waals surface area contributed by atoms with Crippen LogP contribution >= 0.6 is 0 Å². The lowest BCUT2D eigenvalue weighted by Crippen LogP contribution is -2.31. The molecule has 0 radical (unpaired) electrons. The Morgan fingerprint density at radius 1 is 1.16 bits per heavy atom. The zero-order valence-electron chi connectivity index (χ0n) is 13.1. The molecule has 0 bridgehead atoms. The number of nitrogens with one attached hydrogen (secondary N) is 1. The molecule has 2 aromatic carbocycles. The van der Waals surface area contributed by atoms with Crippen molar-refractivity contribution in [3.05, 3.63) is 82.0 Å². The van der Waals surface area contributed by atoms with E-state index in [0.717, 1.165) is 5.56 Å². The number of nitro groups is 1. The van der Waals surface area contributed by atoms with Crippen LogP contribution in [0.15, 0.2) is 60.8 Å². The van der Waals surface area contributed by atoms with Gasteiger partial charge in [0, 0.05) is 12.3 Å². The van der Waals surface area contributed by atoms with Crippen molar-refractivity contribution in [1.29, 1.82) is 0 Å². The number of benzene rings is 2. The van der Waals surface area contributed by atoms with Gasteiger partial charge in [-0.1, -0.05) is 30.3 Å². The molecule has 2 N–H and O–H groups in total. The van der Waals surface area contributed by atoms with Crippen LogP contribution in [0, 0.1) is 10.1 Å². The van der Waals surface area contributed by atoms with Gasteiger partial charge in [0.25, 0.3) is 11.6 Å². The average molecular weight is 337 g/mol. The Bertz CT molecular complexity index is 928. The van der Waals surface area contributed by atoms with Gasteiger partial charge in [0.2, 0.25) is 0 Å². The number of amides is 1. The van der Waals surface area contributed by atoms with Crippen LogP contribution < -0.4 is 5.32 Å². The summed E-state index contributed by atoms with van der Waals surface area (Å²) in [5.41, 5.74) is 1.12. The van der Waals surface area contributed by atoms with Gasteiger partial charge in [0.1, 0.15) is 0 Å². The van der Waals surface area contributed by atoms with Crippen molar-refractivity contribution < 1.29 is 14.8 Å². The number of nitrogens with zero attached hydrogens (tertiary/aromatic N) is 2. The monoisotopic (exact) mass is 337 g/mol. The minimum atomic E-state index is -0.581. The lowest BCUT2D eigenvalue weighted by molar-refractivity contribution is -0.383. The van der Waals surface area contributed by atoms with Crippen LogP contribution in [0.4, 0.5) is 5.69 Å². The number of rotatable bonds is 5. The summed E-state index contributed by atoms with van der Waals surface area (Å²) < 4.78 is 0. The largest absolute Gasteiger partial charge is 0.394 e. The van der Waals surface area contributed by atoms with E-state index in [1.54, 1.807) is 24.3 Å². The molecule has 0 aliphatic rings. The van der Waals surface area contributed by atoms with Crippen molar-refractivity contribution >= 4 is 22.5 Å². The van der Waals surface area contributed by atoms with E-state index in [0.29, 0.717) is 5.39 Å². The van der Waals surface area contributed by atoms with E-state index in [1.165, 1.54) is 18.3 Å². The number of hydrogen-bond acceptors (Lipinski definition) is 5. The van der Waals surface area contributed by atoms with E-state index in [9.17, 15) is 20.0 Å². The molecule has 0 unspecified atom stereocenters. The van der Waals surface area contributed by atoms with Gasteiger partial charge in [-0.2, -0.15) is 0 Å². The summed E-state index contributed by atoms with van der Waals surface area (Å²) in [6, 6.07) is 14.3. The zero-order valence-corrected chi connectivity index (χ0v) is 13.1. The molecule has 126 valence electrons. The molecule has 0 saturated carbocycles. The predicted molar refractivity (Wildman–Crippen MR) is 92.1 cm³/mol. The first-order chi connectivity index (χ1) is 12.1. The van der Waals surface area contributed by atoms with Crippen molar-refractivity contribution in [2.24, 2.45) is 0 Å². The van der Waals surface area contributed by atoms with Gasteiger partial charge in [0.05, 0.1) is 34.0 Å². The summed E-state index contributed by atoms with van der Waals surface area (Å²) in [5, 5.41) is 23.8. The number of carbonyl (C=O) groups is 1. The van der Waals surface area contributed by atoms with Crippen molar-refractivity contribution in [3.8, 4) is 0 Å². The van der Waals surface area contributed by atoms with Crippen LogP contribution in [-0.4, -0.2) is 27.5 Å². The summed E-state index contributed by atoms with van der Waals surface area (Å²) >= 11 is 0. The minimum absolute atomic E-state index is 0.110. The topological polar surface area (TPSA) is 105 Å². The first kappa shape index (κ1) is 16.5. The number of aromatic nitrogens is 1. The van der Waals surface area contributed by atoms with Crippen LogP contribution in [0.25, 0.3) is 10.9 Å². The molecule has 3 aromatic rings. The molecule has 0 spiro atoms. The van der Waals surface area contributed by atoms with Crippen LogP contribution in [-0.2, 0) is 0 Å². The molecule has 25 heavy (non-hydrogen) atoms. The smallest absolute Gasteiger partial charge is 0.278 e. The Balaban J connectivity index is 1.98. The quantitative estimate of drug-likeness (QED) is 0.550. The maximum atomic E-state index is 12.7. The van der Waals surface area contributed by atoms with Gasteiger partial charge >= 0.3 is 0 Å². The van der Waals surface area contributed by atoms with Crippen LogP contribution in [0.2, 0.25) is 0 Å². The van der Waals surface area contributed by atoms with Crippen LogP contribution in [0.3, 0.4) is 0 Å². The molecule has 1 aromatic heterocycles. The molecule has 7 heteroatoms. The van der Waals surface area contributed by atoms with E-state index >= 15 is 0 Å². The van der Waals surface area contributed by atoms with Gasteiger partial charge in [-0.05, 0) is 23.8 Å². The number of hydrogen-bond donors (Lipinski definition) is 2. The summed E-state index contributed by atoms with van der Waals surface area (Å²) in [7, 11) is 0. The molecular weight excluding hydrogens is 322 g/mol. The Morgan fingerprint density at radius 2 is 1.92 bits per heavy atom. The Labute approximate surface area is 143 Å². The molecular formula is C18H15N3O4. The molecule has 1 heterocycles. The lowest BCUT2D eigenvalue weighted by Gasteiger charge is -2.17. The Hall–Kier alpha value is -3.32. The number of fused-ring (bicyclic) bond motifs is 1. The molecule has 0 saturated heterocycles. The highest BCUT2D eigenvalue weighted by atomic mass is 16.6. The number of aliphatic hydroxyl groups is 1. The van der Waals surface area contributed by atoms with E-state index in [4.69, 9.17) is 0 Å². The maximum absolute atomic E-state index is 12.7. The highest BCUT2D eigenvalue weighted by Gasteiger charge is 2.21. The fourth-order valence-corrected chi connectivity index (χ4v) is 2.66. The average Bonchev–Trinajstić information content (AvgIpc) is 2.65. The molecule has 0 aliphatic carbocycles. The molecule has 0 aliphatic heterocycles. The Morgan fingerprint density at radius 3 is 2.60 bits per heavy atom. The maximum Gasteiger partial charge on any atom is 0.278 e. The van der Waals surface area contributed by atoms with E-state index < -0.39 is 16.9 Å². The molecule has 3 rings (SSSR count). The third kappa shape index (κ3) is 3.31. The molecule has 0 fully saturated rings. The second-order valence-electron chi connectivity index (χ2n) is 5.41. The highest BCUT2D eigenvalue weighted by Crippen LogP contribution is 2.27. The fraction of sp³-hybridized carbons (Fsp3) is 0.111. The second kappa shape index (κ2) is 7.06. The lowest BCUT2D eigenvalue weighted by atomic mass is 10.0. The van der Waals surface area contributed by atoms with Gasteiger partial charge in [-0.15, -0.1) is 0 Å². The van der Waals surface area contributed by atoms with Crippen molar-refractivity contribution in [2.75, 3.05) is 6.61 Å². The van der Waals surface area contributed by atoms with Crippen molar-refractivity contribution in [1.82, 2.24) is 10.3 Å². The third-order valence-electron chi connectivity index (χ3n) is 3.88. The number of non-ortho nitro benzene ring substituents is 1. The van der Waals surface area contributed by atoms with E-state index in [-0.39, 0.29) is 23.4 Å². The first-order valence-electron chi connectivity index (χ1n) is 7.60. The molecule has 7 nitrogen and oxygen atoms in total. The normalized spacial score (nSPS) is 11.9. The predicted octanol–water partition coefficient (Wildman–Crippen LogP) is 2.61. The van der Waals surface area contributed by atoms with Crippen LogP contribution in [0.5, 0.6) is 0 Å². The number of aliphatic hydroxyl groups excluding tert-OH is 1. The van der Waals surface area contributed by atoms with E-state index in [1.807, 2.05) is 18.2 Å². The number of nitro benzene ring substituents is 1. The van der Waals surface area contributed by atoms with Gasteiger partial charge in [-0.25, -0.2) is 0 Å². The minimum Gasteiger partial charge on any atom is -0.394 e. The summed E-state index contributed by atoms with van der Waals surface area (Å²) in [5.74, 6) is -0.457. The summed E-state index contributed by atoms with van der Waals surface area (Å²) in [6.45, 7) is -0.270. The SMILES string of the molecule is O=C(N[C@H](CO)c1ccccc1)c1ccc([N+](=O)[O-])c2cccnc12. The standard InChI is InChI=1S/C18H15N3O4/c22-11-15(12-5-2-1-3-6-12)20-18(23)14-8-9-16(21(24)25)13-7-4-10-19-17(13)14/h1-10,15,22H,11H2,(H,20,23)/t15-/m1/s1. The second-order valence-corrected chi connectivity index (χ2v) is 5.41. The van der Waals surface area contributed by atoms with Gasteiger partial charge in [-0.3, -0.25) is 19.9 Å². The van der Waals surface area contributed by atoms with Crippen molar-refractivity contribution in [3.63, 3.8) is 0 Å². The van der Waals surface area contributed by atoms with Crippen molar-refractivity contribution in [2.45, 2.75) is 6.04 Å². The number of carbonyl (C=O) groups excluding carboxylic acids is 1. The van der Waals surface area contributed by atoms with Gasteiger partial charge < -0.3 is 10.4 Å². The van der Waals surface area contributed by atoms with Gasteiger partial charge in [0.15, 0.2) is 0 Å². The first-order valence-corrected chi connectivity index (χ1v) is 7.60. The highest BCUT2D eigenvalue weighted by molar-refractivity contribution is 6.07. The fourth-order valence-electron chi connectivity index (χ4n) is 2.66. The molecule has 1 atom stereocenters. The summed E-state index contributed by atoms with van der Waals surface area (Å²) in [6.07, 6.45) is 1.48.